The molecule has 104 valence electrons. The van der Waals surface area contributed by atoms with Crippen molar-refractivity contribution in [3.8, 4) is 0 Å². The molecule has 4 nitrogen and oxygen atoms in total. The SMILES string of the molecule is O=S(=O)(c1ccc(N2CSCSC2)cc1)N1CSC1. The fourth-order valence-corrected chi connectivity index (χ4v) is 6.59. The molecule has 8 heteroatoms. The largest absolute Gasteiger partial charge is 0.353 e. The Hall–Kier alpha value is -0.0200. The Morgan fingerprint density at radius 1 is 0.895 bits per heavy atom. The lowest BCUT2D eigenvalue weighted by Gasteiger charge is -2.30. The molecule has 2 heterocycles. The van der Waals surface area contributed by atoms with Gasteiger partial charge in [0.05, 0.1) is 28.4 Å². The molecule has 2 saturated heterocycles. The van der Waals surface area contributed by atoms with Crippen LogP contribution in [-0.2, 0) is 10.0 Å². The van der Waals surface area contributed by atoms with E-state index in [0.717, 1.165) is 22.5 Å². The zero-order valence-electron chi connectivity index (χ0n) is 10.2. The van der Waals surface area contributed by atoms with E-state index >= 15 is 0 Å². The highest BCUT2D eigenvalue weighted by atomic mass is 32.2. The van der Waals surface area contributed by atoms with Crippen molar-refractivity contribution in [2.24, 2.45) is 0 Å². The van der Waals surface area contributed by atoms with E-state index in [4.69, 9.17) is 0 Å². The molecule has 0 N–H and O–H groups in total. The normalized spacial score (nSPS) is 21.2. The summed E-state index contributed by atoms with van der Waals surface area (Å²) < 4.78 is 25.9. The van der Waals surface area contributed by atoms with Crippen LogP contribution in [0.25, 0.3) is 0 Å². The molecule has 0 radical (unpaired) electrons. The van der Waals surface area contributed by atoms with Crippen LogP contribution in [0, 0.1) is 0 Å². The summed E-state index contributed by atoms with van der Waals surface area (Å²) in [6.45, 7) is 0. The van der Waals surface area contributed by atoms with E-state index in [1.165, 1.54) is 4.31 Å². The third kappa shape index (κ3) is 2.87. The summed E-state index contributed by atoms with van der Waals surface area (Å²) >= 11 is 5.40. The maximum atomic E-state index is 12.2. The second-order valence-electron chi connectivity index (χ2n) is 4.24. The highest BCUT2D eigenvalue weighted by molar-refractivity contribution is 8.16. The maximum Gasteiger partial charge on any atom is 0.244 e. The van der Waals surface area contributed by atoms with Gasteiger partial charge in [-0.05, 0) is 24.3 Å². The Morgan fingerprint density at radius 3 is 2.05 bits per heavy atom. The van der Waals surface area contributed by atoms with Crippen LogP contribution in [0.3, 0.4) is 0 Å². The summed E-state index contributed by atoms with van der Waals surface area (Å²) in [7, 11) is -3.27. The lowest BCUT2D eigenvalue weighted by molar-refractivity contribution is 0.486. The highest BCUT2D eigenvalue weighted by Crippen LogP contribution is 2.30. The molecule has 0 aliphatic carbocycles. The number of nitrogens with zero attached hydrogens (tertiary/aromatic N) is 2. The number of benzene rings is 1. The number of rotatable bonds is 3. The quantitative estimate of drug-likeness (QED) is 0.846. The molecule has 19 heavy (non-hydrogen) atoms. The van der Waals surface area contributed by atoms with E-state index in [-0.39, 0.29) is 0 Å². The molecule has 2 aliphatic rings. The van der Waals surface area contributed by atoms with Crippen molar-refractivity contribution in [1.82, 2.24) is 4.31 Å². The summed E-state index contributed by atoms with van der Waals surface area (Å²) in [6.07, 6.45) is 0. The van der Waals surface area contributed by atoms with E-state index in [2.05, 4.69) is 4.90 Å². The number of hydrogen-bond acceptors (Lipinski definition) is 6. The molecular formula is C11H14N2O2S4. The van der Waals surface area contributed by atoms with Gasteiger partial charge in [0.15, 0.2) is 0 Å². The first-order valence-corrected chi connectivity index (χ1v) is 10.7. The Kier molecular flexibility index (Phi) is 4.23. The van der Waals surface area contributed by atoms with Crippen LogP contribution in [0.1, 0.15) is 0 Å². The first kappa shape index (κ1) is 13.9. The maximum absolute atomic E-state index is 12.2. The van der Waals surface area contributed by atoms with E-state index in [9.17, 15) is 8.42 Å². The van der Waals surface area contributed by atoms with Crippen molar-refractivity contribution in [2.45, 2.75) is 4.90 Å². The zero-order valence-corrected chi connectivity index (χ0v) is 13.5. The summed E-state index contributed by atoms with van der Waals surface area (Å²) in [6, 6.07) is 7.26. The van der Waals surface area contributed by atoms with E-state index in [1.54, 1.807) is 23.9 Å². The number of thioether (sulfide) groups is 3. The summed E-state index contributed by atoms with van der Waals surface area (Å²) in [5.41, 5.74) is 1.09. The third-order valence-corrected chi connectivity index (χ3v) is 8.41. The molecule has 0 atom stereocenters. The topological polar surface area (TPSA) is 40.6 Å². The fourth-order valence-electron chi connectivity index (χ4n) is 1.82. The summed E-state index contributed by atoms with van der Waals surface area (Å²) in [4.78, 5) is 2.66. The van der Waals surface area contributed by atoms with E-state index in [0.29, 0.717) is 16.6 Å². The standard InChI is InChI=1S/C11H14N2O2S4/c14-19(15,13-7-16-8-13)11-3-1-10(2-4-11)12-5-17-9-18-6-12/h1-4H,5-9H2. The van der Waals surface area contributed by atoms with Crippen molar-refractivity contribution in [1.29, 1.82) is 0 Å². The van der Waals surface area contributed by atoms with Gasteiger partial charge >= 0.3 is 0 Å². The fraction of sp³-hybridized carbons (Fsp3) is 0.455. The van der Waals surface area contributed by atoms with Gasteiger partial charge < -0.3 is 4.90 Å². The van der Waals surface area contributed by atoms with Gasteiger partial charge in [0.25, 0.3) is 0 Å². The molecule has 0 bridgehead atoms. The van der Waals surface area contributed by atoms with Gasteiger partial charge in [-0.25, -0.2) is 8.42 Å². The predicted molar refractivity (Wildman–Crippen MR) is 85.1 cm³/mol. The second-order valence-corrected chi connectivity index (χ2v) is 9.38. The minimum atomic E-state index is -3.27. The molecule has 2 aliphatic heterocycles. The van der Waals surface area contributed by atoms with Gasteiger partial charge in [0.2, 0.25) is 10.0 Å². The van der Waals surface area contributed by atoms with Crippen LogP contribution in [0.5, 0.6) is 0 Å². The van der Waals surface area contributed by atoms with E-state index < -0.39 is 10.0 Å². The smallest absolute Gasteiger partial charge is 0.244 e. The highest BCUT2D eigenvalue weighted by Gasteiger charge is 2.29. The van der Waals surface area contributed by atoms with Crippen LogP contribution in [0.15, 0.2) is 29.2 Å². The van der Waals surface area contributed by atoms with Gasteiger partial charge in [-0.1, -0.05) is 0 Å². The average Bonchev–Trinajstić information content (AvgIpc) is 2.37. The van der Waals surface area contributed by atoms with Gasteiger partial charge in [-0.15, -0.1) is 35.3 Å². The Labute approximate surface area is 126 Å². The van der Waals surface area contributed by atoms with Crippen molar-refractivity contribution in [2.75, 3.05) is 33.5 Å². The molecule has 1 aromatic carbocycles. The van der Waals surface area contributed by atoms with Crippen LogP contribution in [-0.4, -0.2) is 41.3 Å². The number of hydrogen-bond donors (Lipinski definition) is 0. The lowest BCUT2D eigenvalue weighted by Crippen LogP contribution is -2.37. The van der Waals surface area contributed by atoms with Crippen molar-refractivity contribution in [3.05, 3.63) is 24.3 Å². The van der Waals surface area contributed by atoms with Gasteiger partial charge in [0.1, 0.15) is 0 Å². The molecule has 2 fully saturated rings. The molecule has 1 aromatic rings. The average molecular weight is 335 g/mol. The predicted octanol–water partition coefficient (Wildman–Crippen LogP) is 2.50. The van der Waals surface area contributed by atoms with E-state index in [1.807, 2.05) is 35.7 Å². The molecule has 3 rings (SSSR count). The Morgan fingerprint density at radius 2 is 1.53 bits per heavy atom. The second kappa shape index (κ2) is 5.77. The minimum Gasteiger partial charge on any atom is -0.353 e. The first-order chi connectivity index (χ1) is 9.18. The third-order valence-electron chi connectivity index (χ3n) is 2.97. The van der Waals surface area contributed by atoms with Crippen molar-refractivity contribution < 1.29 is 8.42 Å². The lowest BCUT2D eigenvalue weighted by atomic mass is 10.3. The summed E-state index contributed by atoms with van der Waals surface area (Å²) in [5, 5.41) is 1.13. The molecule has 0 spiro atoms. The summed E-state index contributed by atoms with van der Waals surface area (Å²) in [5.74, 6) is 3.09. The monoisotopic (exact) mass is 334 g/mol. The zero-order chi connectivity index (χ0) is 13.3. The molecule has 0 saturated carbocycles. The van der Waals surface area contributed by atoms with Crippen LogP contribution in [0.4, 0.5) is 5.69 Å². The Balaban J connectivity index is 1.78. The van der Waals surface area contributed by atoms with Gasteiger partial charge in [-0.3, -0.25) is 0 Å². The van der Waals surface area contributed by atoms with Crippen LogP contribution < -0.4 is 4.90 Å². The molecular weight excluding hydrogens is 320 g/mol. The Bertz CT molecular complexity index is 536. The van der Waals surface area contributed by atoms with Crippen molar-refractivity contribution >= 4 is 51.0 Å². The van der Waals surface area contributed by atoms with Crippen LogP contribution in [0.2, 0.25) is 0 Å². The minimum absolute atomic E-state index is 0.397. The molecule has 0 aromatic heterocycles. The van der Waals surface area contributed by atoms with Gasteiger partial charge in [0, 0.05) is 10.8 Å². The van der Waals surface area contributed by atoms with Gasteiger partial charge in [-0.2, -0.15) is 4.31 Å². The van der Waals surface area contributed by atoms with Crippen molar-refractivity contribution in [3.63, 3.8) is 0 Å². The number of anilines is 1. The first-order valence-electron chi connectivity index (χ1n) is 5.76. The molecule has 0 amide bonds. The van der Waals surface area contributed by atoms with Crippen LogP contribution >= 0.6 is 35.3 Å². The number of sulfonamides is 1. The molecule has 0 unspecified atom stereocenters.